The minimum absolute atomic E-state index is 0. The second-order valence-electron chi connectivity index (χ2n) is 6.71. The van der Waals surface area contributed by atoms with Crippen molar-refractivity contribution >= 4 is 35.8 Å². The van der Waals surface area contributed by atoms with E-state index in [-0.39, 0.29) is 23.9 Å². The number of carbonyl (C=O) groups is 2. The van der Waals surface area contributed by atoms with Crippen LogP contribution in [0.1, 0.15) is 82.1 Å². The Bertz CT molecular complexity index is 231. The van der Waals surface area contributed by atoms with Gasteiger partial charge < -0.3 is 19.8 Å². The minimum Gasteiger partial charge on any atom is -0.550 e. The third-order valence-electron chi connectivity index (χ3n) is 2.04. The Morgan fingerprint density at radius 3 is 0.826 bits per heavy atom. The van der Waals surface area contributed by atoms with Gasteiger partial charge in [-0.25, -0.2) is 0 Å². The second kappa shape index (κ2) is 19.8. The molecule has 0 bridgehead atoms. The second-order valence-corrected chi connectivity index (χ2v) is 6.71. The van der Waals surface area contributed by atoms with Crippen molar-refractivity contribution in [2.75, 3.05) is 0 Å². The molecule has 0 aromatic rings. The predicted molar refractivity (Wildman–Crippen MR) is 95.2 cm³/mol. The van der Waals surface area contributed by atoms with Crippen molar-refractivity contribution in [1.82, 2.24) is 0 Å². The van der Waals surface area contributed by atoms with Crippen LogP contribution in [0.3, 0.4) is 0 Å². The molecular weight excluding hydrogens is 399 g/mol. The first kappa shape index (κ1) is 34.1. The van der Waals surface area contributed by atoms with Gasteiger partial charge >= 0.3 is 23.9 Å². The number of unbranched alkanes of at least 4 members (excludes halogenated alkanes) is 2. The number of carboxylic acids is 2. The van der Waals surface area contributed by atoms with Gasteiger partial charge in [0.05, 0.1) is 0 Å². The summed E-state index contributed by atoms with van der Waals surface area (Å²) in [5, 5.41) is 19.8. The van der Waals surface area contributed by atoms with E-state index in [0.29, 0.717) is 0 Å². The molecule has 0 spiro atoms. The monoisotopic (exact) mass is 436 g/mol. The number of carboxylic acid groups (broad SMARTS) is 2. The normalized spacial score (nSPS) is 9.48. The predicted octanol–water partition coefficient (Wildman–Crippen LogP) is 2.43. The Morgan fingerprint density at radius 2 is 0.826 bits per heavy atom. The van der Waals surface area contributed by atoms with Crippen molar-refractivity contribution in [2.24, 2.45) is 10.8 Å². The summed E-state index contributed by atoms with van der Waals surface area (Å²) in [5.41, 5.74) is -1.39. The van der Waals surface area contributed by atoms with Gasteiger partial charge in [-0.3, -0.25) is 0 Å². The van der Waals surface area contributed by atoms with Gasteiger partial charge in [-0.1, -0.05) is 82.1 Å². The summed E-state index contributed by atoms with van der Waals surface area (Å²) in [7, 11) is 0. The Kier molecular flexibility index (Phi) is 29.4. The molecule has 0 amide bonds. The van der Waals surface area contributed by atoms with Crippen LogP contribution >= 0.6 is 0 Å². The molecule has 0 atom stereocenters. The van der Waals surface area contributed by atoms with Crippen LogP contribution in [0.15, 0.2) is 0 Å². The van der Waals surface area contributed by atoms with Crippen molar-refractivity contribution in [3.05, 3.63) is 12.8 Å². The van der Waals surface area contributed by atoms with Crippen molar-refractivity contribution in [3.8, 4) is 0 Å². The molecule has 5 heteroatoms. The SMILES string of the molecule is CC(C)(C)C(=O)[O-].CC(C)(C)C(=O)[O-].C[CH]CC.C[CH]CC.[Sn+2]. The van der Waals surface area contributed by atoms with Crippen LogP contribution in [0.5, 0.6) is 0 Å². The molecular formula is C18H36O4Sn. The maximum atomic E-state index is 9.91. The van der Waals surface area contributed by atoms with Crippen LogP contribution in [-0.4, -0.2) is 35.8 Å². The van der Waals surface area contributed by atoms with Crippen molar-refractivity contribution in [3.63, 3.8) is 0 Å². The number of hydrogen-bond donors (Lipinski definition) is 0. The van der Waals surface area contributed by atoms with Crippen LogP contribution in [-0.2, 0) is 9.59 Å². The Labute approximate surface area is 161 Å². The van der Waals surface area contributed by atoms with Crippen LogP contribution in [0.25, 0.3) is 0 Å². The molecule has 0 heterocycles. The summed E-state index contributed by atoms with van der Waals surface area (Å²) in [4.78, 5) is 19.8. The average Bonchev–Trinajstić information content (AvgIpc) is 2.37. The van der Waals surface area contributed by atoms with Gasteiger partial charge in [-0.05, 0) is 12.8 Å². The topological polar surface area (TPSA) is 80.3 Å². The summed E-state index contributed by atoms with van der Waals surface area (Å²) in [6.45, 7) is 18.0. The molecule has 0 rings (SSSR count). The molecule has 136 valence electrons. The maximum Gasteiger partial charge on any atom is 2.00 e. The van der Waals surface area contributed by atoms with E-state index in [4.69, 9.17) is 0 Å². The van der Waals surface area contributed by atoms with E-state index in [1.165, 1.54) is 12.8 Å². The van der Waals surface area contributed by atoms with Crippen molar-refractivity contribution in [2.45, 2.75) is 82.1 Å². The van der Waals surface area contributed by atoms with Gasteiger partial charge in [-0.15, -0.1) is 0 Å². The number of rotatable bonds is 2. The zero-order chi connectivity index (χ0) is 19.0. The average molecular weight is 435 g/mol. The first-order valence-corrected chi connectivity index (χ1v) is 7.70. The first-order valence-electron chi connectivity index (χ1n) is 7.70. The number of hydrogen-bond acceptors (Lipinski definition) is 4. The molecule has 0 aliphatic heterocycles. The zero-order valence-electron chi connectivity index (χ0n) is 16.7. The van der Waals surface area contributed by atoms with Crippen molar-refractivity contribution in [1.29, 1.82) is 0 Å². The van der Waals surface area contributed by atoms with Crippen LogP contribution in [0.4, 0.5) is 0 Å². The summed E-state index contributed by atoms with van der Waals surface area (Å²) in [5.74, 6) is -2.01. The van der Waals surface area contributed by atoms with E-state index in [9.17, 15) is 19.8 Å². The molecule has 0 aliphatic rings. The summed E-state index contributed by atoms with van der Waals surface area (Å²) < 4.78 is 0. The molecule has 4 nitrogen and oxygen atoms in total. The largest absolute Gasteiger partial charge is 2.00 e. The fraction of sp³-hybridized carbons (Fsp3) is 0.778. The van der Waals surface area contributed by atoms with Gasteiger partial charge in [0.25, 0.3) is 0 Å². The smallest absolute Gasteiger partial charge is 0.550 e. The number of aliphatic carboxylic acids is 2. The minimum atomic E-state index is -1.01. The zero-order valence-corrected chi connectivity index (χ0v) is 19.6. The molecule has 0 saturated carbocycles. The first-order chi connectivity index (χ1) is 9.72. The Balaban J connectivity index is -0.0000000639. The van der Waals surface area contributed by atoms with Crippen LogP contribution < -0.4 is 10.2 Å². The molecule has 4 radical (unpaired) electrons. The summed E-state index contributed by atoms with van der Waals surface area (Å²) >= 11 is 0. The quantitative estimate of drug-likeness (QED) is 0.625. The van der Waals surface area contributed by atoms with E-state index in [2.05, 4.69) is 40.5 Å². The third kappa shape index (κ3) is 44.9. The standard InChI is InChI=1S/2C5H10O2.2C4H9.Sn/c2*1-5(2,3)4(6)7;2*1-3-4-2;/h2*1-3H3,(H,6,7);2*3H,4H2,1-2H3;/q;;;;+2/p-2. The molecule has 0 saturated heterocycles. The van der Waals surface area contributed by atoms with E-state index in [0.717, 1.165) is 0 Å². The van der Waals surface area contributed by atoms with Crippen LogP contribution in [0.2, 0.25) is 0 Å². The maximum absolute atomic E-state index is 9.91. The van der Waals surface area contributed by atoms with Gasteiger partial charge in [0.15, 0.2) is 0 Å². The Hall–Kier alpha value is -0.261. The molecule has 0 N–H and O–H groups in total. The van der Waals surface area contributed by atoms with E-state index in [1.54, 1.807) is 41.5 Å². The van der Waals surface area contributed by atoms with Gasteiger partial charge in [0, 0.05) is 22.8 Å². The van der Waals surface area contributed by atoms with Gasteiger partial charge in [0.1, 0.15) is 0 Å². The van der Waals surface area contributed by atoms with E-state index in [1.807, 2.05) is 0 Å². The van der Waals surface area contributed by atoms with E-state index >= 15 is 0 Å². The van der Waals surface area contributed by atoms with Gasteiger partial charge in [-0.2, -0.15) is 0 Å². The molecule has 0 unspecified atom stereocenters. The summed E-state index contributed by atoms with van der Waals surface area (Å²) in [6.07, 6.45) is 6.64. The fourth-order valence-corrected chi connectivity index (χ4v) is 0. The third-order valence-corrected chi connectivity index (χ3v) is 2.04. The van der Waals surface area contributed by atoms with Crippen molar-refractivity contribution < 1.29 is 19.8 Å². The fourth-order valence-electron chi connectivity index (χ4n) is 0. The Morgan fingerprint density at radius 1 is 0.739 bits per heavy atom. The molecule has 23 heavy (non-hydrogen) atoms. The number of carbonyl (C=O) groups excluding carboxylic acids is 2. The van der Waals surface area contributed by atoms with Crippen LogP contribution in [0, 0.1) is 23.7 Å². The van der Waals surface area contributed by atoms with E-state index < -0.39 is 22.8 Å². The molecule has 0 aliphatic carbocycles. The summed E-state index contributed by atoms with van der Waals surface area (Å²) in [6, 6.07) is 0. The molecule has 0 aromatic heterocycles. The molecule has 0 aromatic carbocycles. The van der Waals surface area contributed by atoms with Gasteiger partial charge in [0.2, 0.25) is 0 Å². The molecule has 0 fully saturated rings.